The number of aliphatic imine (C=N–C) groups is 1. The number of rotatable bonds is 7. The zero-order valence-corrected chi connectivity index (χ0v) is 20.7. The minimum atomic E-state index is -0.966. The SMILES string of the molecule is CCNC(=NCC(O)c1ccccc1F)NCC1CCCN(C)C1c1cccs1.I. The molecule has 3 atom stereocenters. The number of thiophene rings is 1. The summed E-state index contributed by atoms with van der Waals surface area (Å²) in [7, 11) is 2.20. The van der Waals surface area contributed by atoms with Gasteiger partial charge in [-0.05, 0) is 56.8 Å². The van der Waals surface area contributed by atoms with Crippen LogP contribution in [0.3, 0.4) is 0 Å². The van der Waals surface area contributed by atoms with Gasteiger partial charge in [-0.1, -0.05) is 24.3 Å². The number of guanidine groups is 1. The maximum absolute atomic E-state index is 13.9. The molecule has 0 saturated carbocycles. The van der Waals surface area contributed by atoms with Crippen LogP contribution < -0.4 is 10.6 Å². The Hall–Kier alpha value is -1.23. The van der Waals surface area contributed by atoms with Crippen LogP contribution >= 0.6 is 35.3 Å². The monoisotopic (exact) mass is 546 g/mol. The van der Waals surface area contributed by atoms with Gasteiger partial charge >= 0.3 is 0 Å². The van der Waals surface area contributed by atoms with Crippen molar-refractivity contribution in [3.8, 4) is 0 Å². The maximum atomic E-state index is 13.9. The van der Waals surface area contributed by atoms with Gasteiger partial charge in [0.05, 0.1) is 6.54 Å². The molecule has 30 heavy (non-hydrogen) atoms. The number of hydrogen-bond acceptors (Lipinski definition) is 4. The lowest BCUT2D eigenvalue weighted by atomic mass is 9.88. The molecule has 1 aromatic heterocycles. The van der Waals surface area contributed by atoms with Gasteiger partial charge in [-0.3, -0.25) is 9.89 Å². The Labute approximate surface area is 199 Å². The van der Waals surface area contributed by atoms with Crippen LogP contribution in [0.5, 0.6) is 0 Å². The number of hydrogen-bond donors (Lipinski definition) is 3. The zero-order chi connectivity index (χ0) is 20.6. The number of likely N-dealkylation sites (tertiary alicyclic amines) is 1. The Morgan fingerprint density at radius 3 is 2.80 bits per heavy atom. The van der Waals surface area contributed by atoms with Crippen molar-refractivity contribution in [1.29, 1.82) is 0 Å². The molecule has 1 fully saturated rings. The molecule has 0 spiro atoms. The molecule has 166 valence electrons. The summed E-state index contributed by atoms with van der Waals surface area (Å²) in [6.45, 7) is 4.75. The first kappa shape index (κ1) is 25.0. The topological polar surface area (TPSA) is 59.9 Å². The van der Waals surface area contributed by atoms with Crippen LogP contribution in [-0.4, -0.2) is 49.2 Å². The largest absolute Gasteiger partial charge is 0.386 e. The number of aliphatic hydroxyl groups excluding tert-OH is 1. The van der Waals surface area contributed by atoms with E-state index in [1.54, 1.807) is 18.2 Å². The summed E-state index contributed by atoms with van der Waals surface area (Å²) in [6.07, 6.45) is 1.38. The molecule has 2 heterocycles. The van der Waals surface area contributed by atoms with E-state index >= 15 is 0 Å². The van der Waals surface area contributed by atoms with E-state index in [9.17, 15) is 9.50 Å². The molecule has 3 rings (SSSR count). The second kappa shape index (κ2) is 12.6. The van der Waals surface area contributed by atoms with Crippen molar-refractivity contribution in [2.45, 2.75) is 31.9 Å². The minimum Gasteiger partial charge on any atom is -0.386 e. The van der Waals surface area contributed by atoms with Gasteiger partial charge in [-0.25, -0.2) is 4.39 Å². The third-order valence-electron chi connectivity index (χ3n) is 5.40. The highest BCUT2D eigenvalue weighted by Crippen LogP contribution is 2.36. The molecule has 1 aliphatic heterocycles. The second-order valence-electron chi connectivity index (χ2n) is 7.48. The molecule has 5 nitrogen and oxygen atoms in total. The number of nitrogens with one attached hydrogen (secondary N) is 2. The fraction of sp³-hybridized carbons (Fsp3) is 0.500. The summed E-state index contributed by atoms with van der Waals surface area (Å²) in [5.41, 5.74) is 0.277. The van der Waals surface area contributed by atoms with Crippen molar-refractivity contribution in [1.82, 2.24) is 15.5 Å². The van der Waals surface area contributed by atoms with Crippen LogP contribution in [0.25, 0.3) is 0 Å². The van der Waals surface area contributed by atoms with E-state index < -0.39 is 11.9 Å². The molecule has 3 N–H and O–H groups in total. The molecule has 8 heteroatoms. The second-order valence-corrected chi connectivity index (χ2v) is 8.46. The molecule has 1 aromatic carbocycles. The fourth-order valence-electron chi connectivity index (χ4n) is 3.97. The zero-order valence-electron chi connectivity index (χ0n) is 17.6. The van der Waals surface area contributed by atoms with E-state index in [-0.39, 0.29) is 36.1 Å². The highest BCUT2D eigenvalue weighted by molar-refractivity contribution is 14.0. The normalized spacial score (nSPS) is 21.0. The summed E-state index contributed by atoms with van der Waals surface area (Å²) in [4.78, 5) is 8.33. The Morgan fingerprint density at radius 2 is 2.10 bits per heavy atom. The quantitative estimate of drug-likeness (QED) is 0.277. The van der Waals surface area contributed by atoms with Crippen LogP contribution in [-0.2, 0) is 0 Å². The molecule has 1 aliphatic rings. The number of benzene rings is 1. The van der Waals surface area contributed by atoms with Crippen molar-refractivity contribution in [2.24, 2.45) is 10.9 Å². The summed E-state index contributed by atoms with van der Waals surface area (Å²) in [6, 6.07) is 11.0. The summed E-state index contributed by atoms with van der Waals surface area (Å²) in [5.74, 6) is 0.728. The van der Waals surface area contributed by atoms with E-state index in [0.29, 0.717) is 17.9 Å². The first-order valence-electron chi connectivity index (χ1n) is 10.3. The third kappa shape index (κ3) is 6.63. The predicted octanol–water partition coefficient (Wildman–Crippen LogP) is 4.18. The lowest BCUT2D eigenvalue weighted by Crippen LogP contribution is -2.45. The van der Waals surface area contributed by atoms with Crippen LogP contribution in [0.4, 0.5) is 4.39 Å². The number of nitrogens with zero attached hydrogens (tertiary/aromatic N) is 2. The molecular formula is C22H32FIN4OS. The van der Waals surface area contributed by atoms with Crippen molar-refractivity contribution < 1.29 is 9.50 Å². The van der Waals surface area contributed by atoms with Gasteiger partial charge in [0, 0.05) is 29.6 Å². The lowest BCUT2D eigenvalue weighted by Gasteiger charge is -2.39. The molecule has 0 bridgehead atoms. The Kier molecular flexibility index (Phi) is 10.5. The Balaban J connectivity index is 0.00000320. The van der Waals surface area contributed by atoms with E-state index in [0.717, 1.165) is 26.1 Å². The standard InChI is InChI=1S/C22H31FN4OS.HI/c1-3-24-22(26-15-19(28)17-9-4-5-10-18(17)23)25-14-16-8-6-12-27(2)21(16)20-11-7-13-29-20;/h4-5,7,9-11,13,16,19,21,28H,3,6,8,12,14-15H2,1-2H3,(H2,24,25,26);1H. The van der Waals surface area contributed by atoms with Gasteiger partial charge in [0.15, 0.2) is 5.96 Å². The Bertz CT molecular complexity index is 789. The molecule has 0 amide bonds. The maximum Gasteiger partial charge on any atom is 0.191 e. The fourth-order valence-corrected chi connectivity index (χ4v) is 4.96. The molecule has 3 unspecified atom stereocenters. The smallest absolute Gasteiger partial charge is 0.191 e. The number of halogens is 2. The predicted molar refractivity (Wildman–Crippen MR) is 133 cm³/mol. The van der Waals surface area contributed by atoms with E-state index in [4.69, 9.17) is 0 Å². The van der Waals surface area contributed by atoms with Crippen LogP contribution in [0.1, 0.15) is 42.4 Å². The number of piperidine rings is 1. The van der Waals surface area contributed by atoms with Gasteiger partial charge < -0.3 is 15.7 Å². The van der Waals surface area contributed by atoms with Crippen LogP contribution in [0, 0.1) is 11.7 Å². The molecular weight excluding hydrogens is 514 g/mol. The average molecular weight is 546 g/mol. The van der Waals surface area contributed by atoms with Crippen LogP contribution in [0.2, 0.25) is 0 Å². The highest BCUT2D eigenvalue weighted by atomic mass is 127. The first-order valence-corrected chi connectivity index (χ1v) is 11.2. The summed E-state index contributed by atoms with van der Waals surface area (Å²) in [5, 5.41) is 19.1. The van der Waals surface area contributed by atoms with E-state index in [1.165, 1.54) is 17.4 Å². The molecule has 0 radical (unpaired) electrons. The molecule has 0 aliphatic carbocycles. The van der Waals surface area contributed by atoms with Crippen LogP contribution in [0.15, 0.2) is 46.8 Å². The first-order chi connectivity index (χ1) is 14.1. The van der Waals surface area contributed by atoms with Crippen molar-refractivity contribution >= 4 is 41.3 Å². The van der Waals surface area contributed by atoms with E-state index in [2.05, 4.69) is 45.1 Å². The average Bonchev–Trinajstić information content (AvgIpc) is 3.24. The highest BCUT2D eigenvalue weighted by Gasteiger charge is 2.31. The molecule has 1 saturated heterocycles. The third-order valence-corrected chi connectivity index (χ3v) is 6.35. The van der Waals surface area contributed by atoms with Crippen molar-refractivity contribution in [3.05, 3.63) is 58.0 Å². The minimum absolute atomic E-state index is 0. The van der Waals surface area contributed by atoms with E-state index in [1.807, 2.05) is 18.3 Å². The summed E-state index contributed by atoms with van der Waals surface area (Å²) >= 11 is 1.81. The van der Waals surface area contributed by atoms with Gasteiger partial charge in [0.2, 0.25) is 0 Å². The van der Waals surface area contributed by atoms with Crippen molar-refractivity contribution in [3.63, 3.8) is 0 Å². The van der Waals surface area contributed by atoms with Gasteiger partial charge in [0.25, 0.3) is 0 Å². The number of aliphatic hydroxyl groups is 1. The Morgan fingerprint density at radius 1 is 1.30 bits per heavy atom. The molecule has 2 aromatic rings. The summed E-state index contributed by atoms with van der Waals surface area (Å²) < 4.78 is 13.9. The van der Waals surface area contributed by atoms with Gasteiger partial charge in [-0.2, -0.15) is 0 Å². The van der Waals surface area contributed by atoms with Gasteiger partial charge in [-0.15, -0.1) is 35.3 Å². The lowest BCUT2D eigenvalue weighted by molar-refractivity contribution is 0.125. The van der Waals surface area contributed by atoms with Crippen molar-refractivity contribution in [2.75, 3.05) is 33.2 Å². The van der Waals surface area contributed by atoms with Gasteiger partial charge in [0.1, 0.15) is 11.9 Å².